The minimum atomic E-state index is -1.22. The van der Waals surface area contributed by atoms with Gasteiger partial charge in [-0.2, -0.15) is 5.26 Å². The van der Waals surface area contributed by atoms with Gasteiger partial charge in [-0.15, -0.1) is 23.1 Å². The number of amides is 2. The molecule has 3 N–H and O–H groups in total. The van der Waals surface area contributed by atoms with Crippen LogP contribution in [0.1, 0.15) is 21.9 Å². The summed E-state index contributed by atoms with van der Waals surface area (Å²) in [6, 6.07) is 26.3. The van der Waals surface area contributed by atoms with Crippen molar-refractivity contribution >= 4 is 51.6 Å². The molecule has 9 heteroatoms. The summed E-state index contributed by atoms with van der Waals surface area (Å²) in [7, 11) is 0. The zero-order valence-corrected chi connectivity index (χ0v) is 22.4. The van der Waals surface area contributed by atoms with Crippen molar-refractivity contribution in [3.8, 4) is 17.2 Å². The second-order valence-electron chi connectivity index (χ2n) is 8.42. The standard InChI is InChI=1S/C30H23N3O4S2/c1-19-10-12-20(13-11-19)25-18-38-30(24(25)17-31)33-29(37)28(21-6-3-2-4-7-21)39-23-9-5-8-22(16-23)32-26(34)14-15-27(35)36/h2-16,18,28H,1H3,(H,32,34)(H,33,37)(H,35,36)/b15-14+. The highest BCUT2D eigenvalue weighted by Crippen LogP contribution is 2.40. The van der Waals surface area contributed by atoms with Gasteiger partial charge in [0.1, 0.15) is 16.3 Å². The molecule has 194 valence electrons. The second-order valence-corrected chi connectivity index (χ2v) is 10.5. The summed E-state index contributed by atoms with van der Waals surface area (Å²) in [6.07, 6.45) is 1.69. The number of carbonyl (C=O) groups excluding carboxylic acids is 2. The number of carbonyl (C=O) groups is 3. The summed E-state index contributed by atoms with van der Waals surface area (Å²) in [4.78, 5) is 37.0. The first-order chi connectivity index (χ1) is 18.8. The predicted octanol–water partition coefficient (Wildman–Crippen LogP) is 6.65. The number of carboxylic acids is 1. The molecule has 0 aliphatic heterocycles. The van der Waals surface area contributed by atoms with Crippen molar-refractivity contribution in [3.63, 3.8) is 0 Å². The predicted molar refractivity (Wildman–Crippen MR) is 155 cm³/mol. The van der Waals surface area contributed by atoms with Crippen LogP contribution in [0.25, 0.3) is 11.1 Å². The van der Waals surface area contributed by atoms with Crippen molar-refractivity contribution in [1.82, 2.24) is 0 Å². The average molecular weight is 554 g/mol. The maximum absolute atomic E-state index is 13.6. The molecule has 4 aromatic rings. The zero-order valence-electron chi connectivity index (χ0n) is 20.8. The summed E-state index contributed by atoms with van der Waals surface area (Å²) >= 11 is 2.60. The van der Waals surface area contributed by atoms with E-state index in [1.54, 1.807) is 18.2 Å². The Morgan fingerprint density at radius 3 is 2.41 bits per heavy atom. The Morgan fingerprint density at radius 2 is 1.72 bits per heavy atom. The van der Waals surface area contributed by atoms with Crippen LogP contribution in [0.4, 0.5) is 10.7 Å². The Bertz CT molecular complexity index is 1570. The Morgan fingerprint density at radius 1 is 0.974 bits per heavy atom. The van der Waals surface area contributed by atoms with Gasteiger partial charge in [-0.3, -0.25) is 9.59 Å². The summed E-state index contributed by atoms with van der Waals surface area (Å²) in [5.74, 6) is -2.09. The molecule has 0 saturated heterocycles. The van der Waals surface area contributed by atoms with Crippen LogP contribution in [0.3, 0.4) is 0 Å². The van der Waals surface area contributed by atoms with Gasteiger partial charge in [0.15, 0.2) is 0 Å². The number of anilines is 2. The lowest BCUT2D eigenvalue weighted by molar-refractivity contribution is -0.131. The maximum atomic E-state index is 13.6. The third kappa shape index (κ3) is 7.23. The van der Waals surface area contributed by atoms with Crippen molar-refractivity contribution < 1.29 is 19.5 Å². The zero-order chi connectivity index (χ0) is 27.8. The fourth-order valence-electron chi connectivity index (χ4n) is 3.70. The monoisotopic (exact) mass is 553 g/mol. The number of hydrogen-bond donors (Lipinski definition) is 3. The van der Waals surface area contributed by atoms with E-state index in [0.717, 1.165) is 34.4 Å². The fourth-order valence-corrected chi connectivity index (χ4v) is 5.70. The largest absolute Gasteiger partial charge is 0.478 e. The van der Waals surface area contributed by atoms with E-state index in [0.29, 0.717) is 21.1 Å². The molecule has 0 spiro atoms. The minimum absolute atomic E-state index is 0.293. The summed E-state index contributed by atoms with van der Waals surface area (Å²) in [5.41, 5.74) is 4.42. The molecule has 3 aromatic carbocycles. The van der Waals surface area contributed by atoms with Gasteiger partial charge >= 0.3 is 5.97 Å². The van der Waals surface area contributed by atoms with E-state index in [4.69, 9.17) is 5.11 Å². The Balaban J connectivity index is 1.58. The first-order valence-corrected chi connectivity index (χ1v) is 13.5. The van der Waals surface area contributed by atoms with Crippen LogP contribution in [0.5, 0.6) is 0 Å². The van der Waals surface area contributed by atoms with E-state index in [1.165, 1.54) is 23.1 Å². The molecule has 0 bridgehead atoms. The molecule has 1 atom stereocenters. The molecular formula is C30H23N3O4S2. The van der Waals surface area contributed by atoms with Crippen LogP contribution in [0.15, 0.2) is 101 Å². The van der Waals surface area contributed by atoms with E-state index < -0.39 is 17.1 Å². The molecule has 0 saturated carbocycles. The van der Waals surface area contributed by atoms with Gasteiger partial charge in [-0.05, 0) is 36.2 Å². The van der Waals surface area contributed by atoms with Gasteiger partial charge in [0.05, 0.1) is 5.56 Å². The molecule has 1 unspecified atom stereocenters. The van der Waals surface area contributed by atoms with Gasteiger partial charge in [0.25, 0.3) is 0 Å². The van der Waals surface area contributed by atoms with Crippen LogP contribution in [-0.2, 0) is 14.4 Å². The van der Waals surface area contributed by atoms with Crippen molar-refractivity contribution in [2.24, 2.45) is 0 Å². The molecule has 0 aliphatic rings. The number of thioether (sulfide) groups is 1. The van der Waals surface area contributed by atoms with E-state index >= 15 is 0 Å². The summed E-state index contributed by atoms with van der Waals surface area (Å²) in [6.45, 7) is 2.00. The number of rotatable bonds is 9. The number of benzene rings is 3. The van der Waals surface area contributed by atoms with Gasteiger partial charge in [0.2, 0.25) is 11.8 Å². The number of hydrogen-bond acceptors (Lipinski definition) is 6. The first kappa shape index (κ1) is 27.4. The second kappa shape index (κ2) is 12.7. The molecular weight excluding hydrogens is 530 g/mol. The fraction of sp³-hybridized carbons (Fsp3) is 0.0667. The highest BCUT2D eigenvalue weighted by atomic mass is 32.2. The average Bonchev–Trinajstić information content (AvgIpc) is 3.34. The van der Waals surface area contributed by atoms with E-state index in [-0.39, 0.29) is 5.91 Å². The number of nitrogens with zero attached hydrogens (tertiary/aromatic N) is 1. The van der Waals surface area contributed by atoms with Crippen molar-refractivity contribution in [1.29, 1.82) is 5.26 Å². The SMILES string of the molecule is Cc1ccc(-c2csc(NC(=O)C(Sc3cccc(NC(=O)/C=C/C(=O)O)c3)c3ccccc3)c2C#N)cc1. The van der Waals surface area contributed by atoms with E-state index in [2.05, 4.69) is 16.7 Å². The van der Waals surface area contributed by atoms with E-state index in [1.807, 2.05) is 73.0 Å². The lowest BCUT2D eigenvalue weighted by Gasteiger charge is -2.17. The Kier molecular flexibility index (Phi) is 8.94. The number of thiophene rings is 1. The quantitative estimate of drug-likeness (QED) is 0.158. The van der Waals surface area contributed by atoms with E-state index in [9.17, 15) is 19.6 Å². The smallest absolute Gasteiger partial charge is 0.328 e. The van der Waals surface area contributed by atoms with Crippen molar-refractivity contribution in [3.05, 3.63) is 113 Å². The lowest BCUT2D eigenvalue weighted by Crippen LogP contribution is -2.19. The third-order valence-electron chi connectivity index (χ3n) is 5.58. The molecule has 0 fully saturated rings. The normalized spacial score (nSPS) is 11.5. The first-order valence-electron chi connectivity index (χ1n) is 11.8. The highest BCUT2D eigenvalue weighted by Gasteiger charge is 2.25. The molecule has 39 heavy (non-hydrogen) atoms. The molecule has 1 heterocycles. The van der Waals surface area contributed by atoms with Crippen molar-refractivity contribution in [2.75, 3.05) is 10.6 Å². The molecule has 0 radical (unpaired) electrons. The molecule has 1 aromatic heterocycles. The van der Waals surface area contributed by atoms with Crippen LogP contribution in [-0.4, -0.2) is 22.9 Å². The third-order valence-corrected chi connectivity index (χ3v) is 7.72. The number of aryl methyl sites for hydroxylation is 1. The summed E-state index contributed by atoms with van der Waals surface area (Å²) in [5, 5.41) is 25.9. The lowest BCUT2D eigenvalue weighted by atomic mass is 10.0. The summed E-state index contributed by atoms with van der Waals surface area (Å²) < 4.78 is 0. The minimum Gasteiger partial charge on any atom is -0.478 e. The van der Waals surface area contributed by atoms with Crippen LogP contribution >= 0.6 is 23.1 Å². The molecule has 4 rings (SSSR count). The molecule has 2 amide bonds. The Hall–Kier alpha value is -4.65. The topological polar surface area (TPSA) is 119 Å². The number of carboxylic acid groups (broad SMARTS) is 1. The van der Waals surface area contributed by atoms with Gasteiger partial charge in [0, 0.05) is 33.7 Å². The van der Waals surface area contributed by atoms with Gasteiger partial charge in [-0.25, -0.2) is 4.79 Å². The number of nitriles is 1. The number of aliphatic carboxylic acids is 1. The highest BCUT2D eigenvalue weighted by molar-refractivity contribution is 8.00. The Labute approximate surface area is 233 Å². The number of nitrogens with one attached hydrogen (secondary N) is 2. The molecule has 7 nitrogen and oxygen atoms in total. The van der Waals surface area contributed by atoms with Gasteiger partial charge in [-0.1, -0.05) is 66.2 Å². The van der Waals surface area contributed by atoms with Crippen molar-refractivity contribution in [2.45, 2.75) is 17.1 Å². The van der Waals surface area contributed by atoms with Crippen LogP contribution in [0.2, 0.25) is 0 Å². The molecule has 0 aliphatic carbocycles. The van der Waals surface area contributed by atoms with Crippen LogP contribution < -0.4 is 10.6 Å². The van der Waals surface area contributed by atoms with Gasteiger partial charge < -0.3 is 15.7 Å². The van der Waals surface area contributed by atoms with Crippen LogP contribution in [0, 0.1) is 18.3 Å². The maximum Gasteiger partial charge on any atom is 0.328 e.